The largest absolute Gasteiger partial charge is 0.444 e. The zero-order chi connectivity index (χ0) is 20.1. The van der Waals surface area contributed by atoms with Gasteiger partial charge in [0.05, 0.1) is 24.5 Å². The quantitative estimate of drug-likeness (QED) is 0.300. The smallest absolute Gasteiger partial charge is 0.226 e. The summed E-state index contributed by atoms with van der Waals surface area (Å²) in [5.41, 5.74) is 6.32. The molecule has 7 nitrogen and oxygen atoms in total. The predicted molar refractivity (Wildman–Crippen MR) is 126 cm³/mol. The number of rotatable bonds is 6. The SMILES string of the molecule is CCNC(=NCc1c(C)nn(C)c1C)NCc1coc(-c2ccc(C)cc2)n1.I. The third-order valence-corrected chi connectivity index (χ3v) is 4.69. The third kappa shape index (κ3) is 5.81. The lowest BCUT2D eigenvalue weighted by molar-refractivity contribution is 0.572. The van der Waals surface area contributed by atoms with Gasteiger partial charge in [0.1, 0.15) is 6.26 Å². The molecule has 3 rings (SSSR count). The monoisotopic (exact) mass is 508 g/mol. The van der Waals surface area contributed by atoms with Gasteiger partial charge in [0.25, 0.3) is 0 Å². The van der Waals surface area contributed by atoms with Gasteiger partial charge in [-0.3, -0.25) is 4.68 Å². The van der Waals surface area contributed by atoms with Gasteiger partial charge in [0, 0.05) is 30.4 Å². The van der Waals surface area contributed by atoms with E-state index in [1.807, 2.05) is 37.7 Å². The summed E-state index contributed by atoms with van der Waals surface area (Å²) < 4.78 is 7.52. The van der Waals surface area contributed by atoms with Crippen LogP contribution >= 0.6 is 24.0 Å². The molecular formula is C21H29IN6O. The van der Waals surface area contributed by atoms with Gasteiger partial charge in [-0.2, -0.15) is 5.10 Å². The molecule has 0 saturated heterocycles. The Labute approximate surface area is 189 Å². The molecule has 0 radical (unpaired) electrons. The van der Waals surface area contributed by atoms with Crippen LogP contribution in [0.2, 0.25) is 0 Å². The Balaban J connectivity index is 0.00000300. The van der Waals surface area contributed by atoms with Crippen LogP contribution in [0.25, 0.3) is 11.5 Å². The van der Waals surface area contributed by atoms with Crippen LogP contribution in [0.5, 0.6) is 0 Å². The summed E-state index contributed by atoms with van der Waals surface area (Å²) in [6.45, 7) is 10.1. The second kappa shape index (κ2) is 10.4. The normalized spacial score (nSPS) is 11.3. The Bertz CT molecular complexity index is 958. The lowest BCUT2D eigenvalue weighted by atomic mass is 10.1. The zero-order valence-electron chi connectivity index (χ0n) is 17.6. The van der Waals surface area contributed by atoms with Crippen molar-refractivity contribution in [1.82, 2.24) is 25.4 Å². The summed E-state index contributed by atoms with van der Waals surface area (Å²) >= 11 is 0. The molecule has 156 valence electrons. The van der Waals surface area contributed by atoms with E-state index < -0.39 is 0 Å². The van der Waals surface area contributed by atoms with Crippen molar-refractivity contribution in [2.75, 3.05) is 6.54 Å². The minimum atomic E-state index is 0. The lowest BCUT2D eigenvalue weighted by Crippen LogP contribution is -2.36. The van der Waals surface area contributed by atoms with Crippen LogP contribution in [0.3, 0.4) is 0 Å². The van der Waals surface area contributed by atoms with Crippen LogP contribution in [0, 0.1) is 20.8 Å². The first-order valence-electron chi connectivity index (χ1n) is 9.50. The molecule has 0 aliphatic heterocycles. The number of halogens is 1. The Morgan fingerprint density at radius 2 is 1.86 bits per heavy atom. The number of nitrogens with one attached hydrogen (secondary N) is 2. The highest BCUT2D eigenvalue weighted by Gasteiger charge is 2.10. The van der Waals surface area contributed by atoms with E-state index in [0.717, 1.165) is 40.7 Å². The summed E-state index contributed by atoms with van der Waals surface area (Å²) in [5.74, 6) is 1.37. The van der Waals surface area contributed by atoms with Crippen molar-refractivity contribution in [3.63, 3.8) is 0 Å². The van der Waals surface area contributed by atoms with Gasteiger partial charge < -0.3 is 15.1 Å². The van der Waals surface area contributed by atoms with E-state index in [9.17, 15) is 0 Å². The number of benzene rings is 1. The third-order valence-electron chi connectivity index (χ3n) is 4.69. The fraction of sp³-hybridized carbons (Fsp3) is 0.381. The minimum Gasteiger partial charge on any atom is -0.444 e. The van der Waals surface area contributed by atoms with E-state index in [4.69, 9.17) is 9.41 Å². The minimum absolute atomic E-state index is 0. The van der Waals surface area contributed by atoms with Crippen molar-refractivity contribution >= 4 is 29.9 Å². The second-order valence-corrected chi connectivity index (χ2v) is 6.83. The first-order valence-corrected chi connectivity index (χ1v) is 9.50. The molecule has 2 heterocycles. The van der Waals surface area contributed by atoms with Crippen molar-refractivity contribution in [2.24, 2.45) is 12.0 Å². The number of aliphatic imine (C=N–C) groups is 1. The van der Waals surface area contributed by atoms with Crippen molar-refractivity contribution in [3.8, 4) is 11.5 Å². The maximum Gasteiger partial charge on any atom is 0.226 e. The number of oxazole rings is 1. The summed E-state index contributed by atoms with van der Waals surface area (Å²) in [7, 11) is 1.95. The van der Waals surface area contributed by atoms with Crippen LogP contribution in [0.15, 0.2) is 39.9 Å². The Kier molecular flexibility index (Phi) is 8.24. The highest BCUT2D eigenvalue weighted by molar-refractivity contribution is 14.0. The number of aromatic nitrogens is 3. The summed E-state index contributed by atoms with van der Waals surface area (Å²) in [6.07, 6.45) is 1.68. The summed E-state index contributed by atoms with van der Waals surface area (Å²) in [5, 5.41) is 11.0. The van der Waals surface area contributed by atoms with Crippen molar-refractivity contribution < 1.29 is 4.42 Å². The van der Waals surface area contributed by atoms with Crippen LogP contribution in [0.4, 0.5) is 0 Å². The number of aryl methyl sites for hydroxylation is 3. The molecule has 0 saturated carbocycles. The maximum atomic E-state index is 5.62. The molecule has 8 heteroatoms. The molecule has 0 aliphatic rings. The molecular weight excluding hydrogens is 479 g/mol. The molecule has 3 aromatic rings. The molecule has 2 aromatic heterocycles. The van der Waals surface area contributed by atoms with Gasteiger partial charge in [-0.25, -0.2) is 9.98 Å². The van der Waals surface area contributed by atoms with E-state index in [-0.39, 0.29) is 24.0 Å². The van der Waals surface area contributed by atoms with Crippen LogP contribution in [-0.4, -0.2) is 27.3 Å². The van der Waals surface area contributed by atoms with E-state index >= 15 is 0 Å². The van der Waals surface area contributed by atoms with Gasteiger partial charge in [0.15, 0.2) is 5.96 Å². The van der Waals surface area contributed by atoms with Gasteiger partial charge >= 0.3 is 0 Å². The van der Waals surface area contributed by atoms with Crippen LogP contribution in [-0.2, 0) is 20.1 Å². The average Bonchev–Trinajstić information content (AvgIpc) is 3.24. The molecule has 1 aromatic carbocycles. The highest BCUT2D eigenvalue weighted by atomic mass is 127. The Morgan fingerprint density at radius 1 is 1.14 bits per heavy atom. The fourth-order valence-corrected chi connectivity index (χ4v) is 2.94. The fourth-order valence-electron chi connectivity index (χ4n) is 2.94. The molecule has 0 atom stereocenters. The molecule has 29 heavy (non-hydrogen) atoms. The molecule has 0 fully saturated rings. The van der Waals surface area contributed by atoms with Crippen LogP contribution in [0.1, 0.15) is 35.1 Å². The lowest BCUT2D eigenvalue weighted by Gasteiger charge is -2.10. The first-order chi connectivity index (χ1) is 13.5. The average molecular weight is 508 g/mol. The van der Waals surface area contributed by atoms with Crippen LogP contribution < -0.4 is 10.6 Å². The second-order valence-electron chi connectivity index (χ2n) is 6.83. The maximum absolute atomic E-state index is 5.62. The molecule has 0 amide bonds. The standard InChI is InChI=1S/C21H28N6O.HI/c1-6-22-21(24-12-19-15(3)26-27(5)16(19)4)23-11-18-13-28-20(25-18)17-9-7-14(2)8-10-17;/h7-10,13H,6,11-12H2,1-5H3,(H2,22,23,24);1H. The number of nitrogens with zero attached hydrogens (tertiary/aromatic N) is 4. The molecule has 2 N–H and O–H groups in total. The molecule has 0 aliphatic carbocycles. The zero-order valence-corrected chi connectivity index (χ0v) is 19.9. The van der Waals surface area contributed by atoms with E-state index in [1.165, 1.54) is 5.56 Å². The van der Waals surface area contributed by atoms with Gasteiger partial charge in [-0.15, -0.1) is 24.0 Å². The van der Waals surface area contributed by atoms with Crippen molar-refractivity contribution in [3.05, 3.63) is 58.7 Å². The van der Waals surface area contributed by atoms with Gasteiger partial charge in [0.2, 0.25) is 5.89 Å². The van der Waals surface area contributed by atoms with E-state index in [2.05, 4.69) is 46.7 Å². The predicted octanol–water partition coefficient (Wildman–Crippen LogP) is 3.87. The van der Waals surface area contributed by atoms with E-state index in [0.29, 0.717) is 19.0 Å². The molecule has 0 spiro atoms. The first kappa shape index (κ1) is 22.9. The molecule has 0 bridgehead atoms. The summed E-state index contributed by atoms with van der Waals surface area (Å²) in [6, 6.07) is 8.14. The Hall–Kier alpha value is -2.36. The topological polar surface area (TPSA) is 80.3 Å². The number of guanidine groups is 1. The van der Waals surface area contributed by atoms with E-state index in [1.54, 1.807) is 6.26 Å². The Morgan fingerprint density at radius 3 is 2.48 bits per heavy atom. The molecule has 0 unspecified atom stereocenters. The number of hydrogen-bond acceptors (Lipinski definition) is 4. The van der Waals surface area contributed by atoms with Gasteiger partial charge in [-0.05, 0) is 39.8 Å². The van der Waals surface area contributed by atoms with Crippen molar-refractivity contribution in [2.45, 2.75) is 40.8 Å². The van der Waals surface area contributed by atoms with Gasteiger partial charge in [-0.1, -0.05) is 17.7 Å². The van der Waals surface area contributed by atoms with Crippen molar-refractivity contribution in [1.29, 1.82) is 0 Å². The summed E-state index contributed by atoms with van der Waals surface area (Å²) in [4.78, 5) is 9.26. The highest BCUT2D eigenvalue weighted by Crippen LogP contribution is 2.19. The number of hydrogen-bond donors (Lipinski definition) is 2.